The quantitative estimate of drug-likeness (QED) is 0.157. The Morgan fingerprint density at radius 2 is 1.84 bits per heavy atom. The Bertz CT molecular complexity index is 2500. The van der Waals surface area contributed by atoms with Gasteiger partial charge in [0.25, 0.3) is 0 Å². The molecule has 0 unspecified atom stereocenters. The van der Waals surface area contributed by atoms with Gasteiger partial charge in [-0.25, -0.2) is 9.37 Å². The summed E-state index contributed by atoms with van der Waals surface area (Å²) in [6, 6.07) is 17.3. The predicted octanol–water partition coefficient (Wildman–Crippen LogP) is 9.69. The monoisotopic (exact) mass is 816 g/mol. The van der Waals surface area contributed by atoms with Gasteiger partial charge in [0, 0.05) is 82.9 Å². The van der Waals surface area contributed by atoms with Crippen molar-refractivity contribution in [1.29, 1.82) is 5.26 Å². The van der Waals surface area contributed by atoms with Crippen molar-refractivity contribution in [3.05, 3.63) is 87.4 Å². The average Bonchev–Trinajstić information content (AvgIpc) is 3.45. The molecule has 294 valence electrons. The number of benzene rings is 3. The fourth-order valence-electron chi connectivity index (χ4n) is 10.4. The SMILES string of the molecule is Cc1nc2c(F)c(-c3cccc(Cl)c3Cl)c(CCC#N)cc2c2c1cc([C@H]1[C@H]3C[C@H](CN(c4ccc(OC(F)(F)F)cc4)C3)N1C(=O)C1CC1)n2[C@H]1[C@H]2CN[C@@H]1C2. The standard InChI is InChI=1S/C43H38Cl2F4N6O2/c1-21-30-17-34(40-25-14-27(54(40)42(56)22-7-8-22)20-53(19-25)26-9-11-28(12-10-26)57-43(47,48)49)55(39-24-16-33(39)51-18-24)41(30)31-15-23(4-3-13-50)35(37(46)38(31)52-21)29-5-2-6-32(44)36(29)45/h2,5-6,9-12,15,17,22,24-25,27,33,39-40,51H,3-4,7-8,14,16,18-20H2,1H3/t24-,25+,27-,33-,39+,40-/m1/s1. The Balaban J connectivity index is 1.15. The molecule has 4 aliphatic heterocycles. The van der Waals surface area contributed by atoms with Crippen molar-refractivity contribution in [2.75, 3.05) is 24.5 Å². The first-order chi connectivity index (χ1) is 27.4. The van der Waals surface area contributed by atoms with E-state index < -0.39 is 12.2 Å². The number of anilines is 1. The van der Waals surface area contributed by atoms with Crippen molar-refractivity contribution in [2.24, 2.45) is 17.8 Å². The van der Waals surface area contributed by atoms with Crippen LogP contribution in [0.15, 0.2) is 54.6 Å². The first-order valence-electron chi connectivity index (χ1n) is 19.5. The van der Waals surface area contributed by atoms with E-state index in [0.29, 0.717) is 46.2 Å². The Hall–Kier alpha value is -4.57. The van der Waals surface area contributed by atoms with Gasteiger partial charge in [-0.15, -0.1) is 13.2 Å². The summed E-state index contributed by atoms with van der Waals surface area (Å²) in [5.41, 5.74) is 4.86. The number of hydrogen-bond donors (Lipinski definition) is 1. The number of nitrogens with one attached hydrogen (secondary N) is 1. The lowest BCUT2D eigenvalue weighted by atomic mass is 9.79. The van der Waals surface area contributed by atoms with Gasteiger partial charge in [-0.1, -0.05) is 35.3 Å². The number of likely N-dealkylation sites (tertiary alicyclic amines) is 1. The van der Waals surface area contributed by atoms with E-state index >= 15 is 4.39 Å². The van der Waals surface area contributed by atoms with E-state index in [1.165, 1.54) is 12.1 Å². The second-order valence-corrected chi connectivity index (χ2v) is 17.1. The summed E-state index contributed by atoms with van der Waals surface area (Å²) in [6.07, 6.45) is -0.821. The van der Waals surface area contributed by atoms with Gasteiger partial charge in [0.2, 0.25) is 5.91 Å². The molecule has 6 heterocycles. The Kier molecular flexibility index (Phi) is 8.70. The molecule has 6 aliphatic rings. The Morgan fingerprint density at radius 1 is 1.05 bits per heavy atom. The van der Waals surface area contributed by atoms with Crippen molar-refractivity contribution in [1.82, 2.24) is 19.8 Å². The summed E-state index contributed by atoms with van der Waals surface area (Å²) >= 11 is 13.1. The molecule has 3 aromatic carbocycles. The lowest BCUT2D eigenvalue weighted by Crippen LogP contribution is -2.45. The summed E-state index contributed by atoms with van der Waals surface area (Å²) in [5.74, 6) is -0.330. The average molecular weight is 818 g/mol. The first-order valence-corrected chi connectivity index (χ1v) is 20.3. The largest absolute Gasteiger partial charge is 0.573 e. The molecule has 14 heteroatoms. The molecule has 5 aromatic rings. The number of pyridine rings is 1. The number of nitriles is 1. The van der Waals surface area contributed by atoms with Crippen molar-refractivity contribution >= 4 is 56.6 Å². The van der Waals surface area contributed by atoms with Crippen LogP contribution < -0.4 is 15.0 Å². The zero-order chi connectivity index (χ0) is 39.5. The van der Waals surface area contributed by atoms with E-state index in [1.807, 2.05) is 13.0 Å². The summed E-state index contributed by atoms with van der Waals surface area (Å²) in [4.78, 5) is 23.6. The highest BCUT2D eigenvalue weighted by atomic mass is 35.5. The van der Waals surface area contributed by atoms with Crippen molar-refractivity contribution in [2.45, 2.75) is 76.0 Å². The van der Waals surface area contributed by atoms with E-state index in [-0.39, 0.29) is 76.6 Å². The van der Waals surface area contributed by atoms with Crippen LogP contribution in [-0.4, -0.2) is 58.4 Å². The minimum atomic E-state index is -4.79. The minimum Gasteiger partial charge on any atom is -0.406 e. The van der Waals surface area contributed by atoms with Crippen LogP contribution in [-0.2, 0) is 11.2 Å². The van der Waals surface area contributed by atoms with Gasteiger partial charge in [-0.05, 0) is 93.0 Å². The molecule has 6 fully saturated rings. The molecule has 4 bridgehead atoms. The third-order valence-electron chi connectivity index (χ3n) is 13.0. The lowest BCUT2D eigenvalue weighted by Gasteiger charge is -2.40. The number of nitrogens with zero attached hydrogens (tertiary/aromatic N) is 5. The number of ether oxygens (including phenoxy) is 1. The number of fused-ring (bicyclic) bond motifs is 6. The van der Waals surface area contributed by atoms with E-state index in [4.69, 9.17) is 28.2 Å². The molecular weight excluding hydrogens is 779 g/mol. The van der Waals surface area contributed by atoms with Crippen molar-refractivity contribution in [3.8, 4) is 22.9 Å². The zero-order valence-electron chi connectivity index (χ0n) is 30.9. The molecule has 1 N–H and O–H groups in total. The minimum absolute atomic E-state index is 0.0188. The van der Waals surface area contributed by atoms with Gasteiger partial charge in [0.1, 0.15) is 11.3 Å². The van der Waals surface area contributed by atoms with Gasteiger partial charge >= 0.3 is 6.36 Å². The number of carbonyl (C=O) groups is 1. The predicted molar refractivity (Wildman–Crippen MR) is 210 cm³/mol. The maximum atomic E-state index is 17.3. The van der Waals surface area contributed by atoms with Crippen LogP contribution in [0.3, 0.4) is 0 Å². The molecule has 6 atom stereocenters. The number of carbonyl (C=O) groups excluding carboxylic acids is 1. The molecular formula is C43H38Cl2F4N6O2. The molecule has 2 aromatic heterocycles. The number of rotatable bonds is 8. The second-order valence-electron chi connectivity index (χ2n) is 16.3. The number of aryl methyl sites for hydroxylation is 2. The normalized spacial score (nSPS) is 25.3. The maximum absolute atomic E-state index is 17.3. The maximum Gasteiger partial charge on any atom is 0.573 e. The van der Waals surface area contributed by atoms with Gasteiger partial charge < -0.3 is 24.4 Å². The number of piperidine rings is 1. The van der Waals surface area contributed by atoms with Crippen LogP contribution in [0.5, 0.6) is 5.75 Å². The highest BCUT2D eigenvalue weighted by molar-refractivity contribution is 6.43. The number of alkyl halides is 3. The summed E-state index contributed by atoms with van der Waals surface area (Å²) in [5, 5.41) is 15.4. The summed E-state index contributed by atoms with van der Waals surface area (Å²) in [6.45, 7) is 3.90. The number of amides is 1. The molecule has 0 radical (unpaired) electrons. The highest BCUT2D eigenvalue weighted by Gasteiger charge is 2.55. The second kappa shape index (κ2) is 13.5. The molecule has 2 aliphatic carbocycles. The smallest absolute Gasteiger partial charge is 0.406 e. The van der Waals surface area contributed by atoms with Gasteiger partial charge in [-0.2, -0.15) is 5.26 Å². The van der Waals surface area contributed by atoms with E-state index in [0.717, 1.165) is 54.5 Å². The number of hydrogen-bond acceptors (Lipinski definition) is 6. The van der Waals surface area contributed by atoms with Crippen LogP contribution in [0.4, 0.5) is 23.2 Å². The number of halogens is 6. The summed E-state index contributed by atoms with van der Waals surface area (Å²) < 4.78 is 62.7. The van der Waals surface area contributed by atoms with Crippen molar-refractivity contribution in [3.63, 3.8) is 0 Å². The van der Waals surface area contributed by atoms with Gasteiger partial charge in [0.05, 0.1) is 39.8 Å². The molecule has 1 amide bonds. The number of aromatic nitrogens is 2. The Labute approximate surface area is 336 Å². The molecule has 2 saturated carbocycles. The molecule has 4 saturated heterocycles. The fraction of sp³-hybridized carbons (Fsp3) is 0.419. The third kappa shape index (κ3) is 6.02. The molecule has 0 spiro atoms. The summed E-state index contributed by atoms with van der Waals surface area (Å²) in [7, 11) is 0. The van der Waals surface area contributed by atoms with Crippen molar-refractivity contribution < 1.29 is 27.1 Å². The topological polar surface area (TPSA) is 86.4 Å². The molecule has 11 rings (SSSR count). The van der Waals surface area contributed by atoms with Crippen LogP contribution in [0.2, 0.25) is 10.0 Å². The van der Waals surface area contributed by atoms with Crippen LogP contribution in [0.25, 0.3) is 32.9 Å². The van der Waals surface area contributed by atoms with E-state index in [9.17, 15) is 23.2 Å². The third-order valence-corrected chi connectivity index (χ3v) is 13.8. The zero-order valence-corrected chi connectivity index (χ0v) is 32.4. The molecule has 57 heavy (non-hydrogen) atoms. The van der Waals surface area contributed by atoms with E-state index in [2.05, 4.69) is 36.6 Å². The van der Waals surface area contributed by atoms with Crippen LogP contribution >= 0.6 is 23.2 Å². The first kappa shape index (κ1) is 36.7. The highest BCUT2D eigenvalue weighted by Crippen LogP contribution is 2.54. The lowest BCUT2D eigenvalue weighted by molar-refractivity contribution is -0.274. The van der Waals surface area contributed by atoms with Crippen LogP contribution in [0, 0.1) is 41.8 Å². The fourth-order valence-corrected chi connectivity index (χ4v) is 10.8. The van der Waals surface area contributed by atoms with E-state index in [1.54, 1.807) is 30.3 Å². The Morgan fingerprint density at radius 3 is 2.53 bits per heavy atom. The van der Waals surface area contributed by atoms with Gasteiger partial charge in [-0.3, -0.25) is 4.79 Å². The molecule has 8 nitrogen and oxygen atoms in total. The van der Waals surface area contributed by atoms with Crippen LogP contribution in [0.1, 0.15) is 61.1 Å². The van der Waals surface area contributed by atoms with Gasteiger partial charge in [0.15, 0.2) is 5.82 Å².